The summed E-state index contributed by atoms with van der Waals surface area (Å²) >= 11 is 0. The average molecular weight is 235 g/mol. The lowest BCUT2D eigenvalue weighted by Gasteiger charge is -2.18. The van der Waals surface area contributed by atoms with Crippen molar-refractivity contribution >= 4 is 5.91 Å². The maximum absolute atomic E-state index is 12.1. The van der Waals surface area contributed by atoms with Crippen LogP contribution in [-0.4, -0.2) is 34.6 Å². The number of hydrogen-bond acceptors (Lipinski definition) is 3. The number of phenolic OH excluding ortho intramolecular Hbond substituents is 2. The lowest BCUT2D eigenvalue weighted by molar-refractivity contribution is 0.0781. The molecule has 4 heteroatoms. The van der Waals surface area contributed by atoms with Crippen molar-refractivity contribution in [3.05, 3.63) is 23.8 Å². The molecule has 2 N–H and O–H groups in total. The average Bonchev–Trinajstić information content (AvgIpc) is 2.93. The molecule has 1 fully saturated rings. The van der Waals surface area contributed by atoms with Crippen molar-refractivity contribution in [2.24, 2.45) is 11.8 Å². The molecule has 92 valence electrons. The summed E-state index contributed by atoms with van der Waals surface area (Å²) in [6.45, 7) is 2.83. The molecular weight excluding hydrogens is 218 g/mol. The number of hydrogen-bond donors (Lipinski definition) is 2. The molecule has 0 bridgehead atoms. The monoisotopic (exact) mass is 235 g/mol. The van der Waals surface area contributed by atoms with Gasteiger partial charge in [0.15, 0.2) is 0 Å². The van der Waals surface area contributed by atoms with Gasteiger partial charge < -0.3 is 15.1 Å². The van der Waals surface area contributed by atoms with E-state index in [1.165, 1.54) is 18.2 Å². The minimum Gasteiger partial charge on any atom is -0.507 e. The quantitative estimate of drug-likeness (QED) is 0.840. The fourth-order valence-corrected chi connectivity index (χ4v) is 2.03. The first kappa shape index (κ1) is 11.8. The summed E-state index contributed by atoms with van der Waals surface area (Å²) < 4.78 is 0. The third kappa shape index (κ3) is 2.35. The molecule has 2 unspecified atom stereocenters. The van der Waals surface area contributed by atoms with E-state index in [4.69, 9.17) is 0 Å². The molecule has 0 radical (unpaired) electrons. The van der Waals surface area contributed by atoms with Crippen molar-refractivity contribution in [2.75, 3.05) is 13.6 Å². The first-order valence-electron chi connectivity index (χ1n) is 5.77. The van der Waals surface area contributed by atoms with Crippen LogP contribution in [-0.2, 0) is 0 Å². The van der Waals surface area contributed by atoms with E-state index in [1.54, 1.807) is 11.9 Å². The van der Waals surface area contributed by atoms with Gasteiger partial charge in [0, 0.05) is 13.6 Å². The zero-order chi connectivity index (χ0) is 12.6. The molecule has 0 heterocycles. The van der Waals surface area contributed by atoms with Gasteiger partial charge in [-0.3, -0.25) is 4.79 Å². The topological polar surface area (TPSA) is 60.8 Å². The molecule has 2 atom stereocenters. The van der Waals surface area contributed by atoms with Gasteiger partial charge in [-0.2, -0.15) is 0 Å². The number of amides is 1. The van der Waals surface area contributed by atoms with Gasteiger partial charge in [-0.05, 0) is 30.4 Å². The number of rotatable bonds is 3. The second-order valence-electron chi connectivity index (χ2n) is 4.83. The highest BCUT2D eigenvalue weighted by atomic mass is 16.3. The number of carbonyl (C=O) groups excluding carboxylic acids is 1. The zero-order valence-corrected chi connectivity index (χ0v) is 10.1. The first-order chi connectivity index (χ1) is 8.00. The third-order valence-electron chi connectivity index (χ3n) is 3.37. The van der Waals surface area contributed by atoms with E-state index in [0.29, 0.717) is 18.4 Å². The van der Waals surface area contributed by atoms with Gasteiger partial charge in [-0.15, -0.1) is 0 Å². The van der Waals surface area contributed by atoms with Crippen molar-refractivity contribution in [1.29, 1.82) is 0 Å². The Morgan fingerprint density at radius 1 is 1.41 bits per heavy atom. The van der Waals surface area contributed by atoms with Crippen LogP contribution in [0.3, 0.4) is 0 Å². The summed E-state index contributed by atoms with van der Waals surface area (Å²) in [5.74, 6) is 0.538. The molecule has 0 aromatic heterocycles. The maximum Gasteiger partial charge on any atom is 0.261 e. The molecule has 1 saturated carbocycles. The second-order valence-corrected chi connectivity index (χ2v) is 4.83. The predicted molar refractivity (Wildman–Crippen MR) is 64.0 cm³/mol. The van der Waals surface area contributed by atoms with E-state index in [-0.39, 0.29) is 23.0 Å². The van der Waals surface area contributed by atoms with Crippen molar-refractivity contribution < 1.29 is 15.0 Å². The lowest BCUT2D eigenvalue weighted by atomic mass is 10.1. The SMILES string of the molecule is CC1CC1CN(C)C(=O)c1c(O)cccc1O. The third-order valence-corrected chi connectivity index (χ3v) is 3.37. The van der Waals surface area contributed by atoms with Crippen molar-refractivity contribution in [3.8, 4) is 11.5 Å². The molecule has 2 rings (SSSR count). The van der Waals surface area contributed by atoms with Gasteiger partial charge in [-0.25, -0.2) is 0 Å². The molecule has 1 aromatic rings. The Hall–Kier alpha value is -1.71. The fourth-order valence-electron chi connectivity index (χ4n) is 2.03. The lowest BCUT2D eigenvalue weighted by Crippen LogP contribution is -2.29. The zero-order valence-electron chi connectivity index (χ0n) is 10.1. The smallest absolute Gasteiger partial charge is 0.261 e. The van der Waals surface area contributed by atoms with Crippen molar-refractivity contribution in [1.82, 2.24) is 4.90 Å². The summed E-state index contributed by atoms with van der Waals surface area (Å²) in [7, 11) is 1.69. The first-order valence-corrected chi connectivity index (χ1v) is 5.77. The van der Waals surface area contributed by atoms with Crippen LogP contribution in [0.25, 0.3) is 0 Å². The summed E-state index contributed by atoms with van der Waals surface area (Å²) in [6, 6.07) is 4.31. The molecule has 0 spiro atoms. The molecule has 4 nitrogen and oxygen atoms in total. The fraction of sp³-hybridized carbons (Fsp3) is 0.462. The van der Waals surface area contributed by atoms with Gasteiger partial charge in [0.05, 0.1) is 0 Å². The molecule has 1 aromatic carbocycles. The predicted octanol–water partition coefficient (Wildman–Crippen LogP) is 1.83. The van der Waals surface area contributed by atoms with Crippen molar-refractivity contribution in [3.63, 3.8) is 0 Å². The second kappa shape index (κ2) is 4.28. The Morgan fingerprint density at radius 2 is 1.94 bits per heavy atom. The minimum atomic E-state index is -0.334. The van der Waals surface area contributed by atoms with E-state index in [1.807, 2.05) is 0 Å². The Kier molecular flexibility index (Phi) is 2.96. The number of phenols is 2. The molecule has 17 heavy (non-hydrogen) atoms. The summed E-state index contributed by atoms with van der Waals surface area (Å²) in [4.78, 5) is 13.6. The van der Waals surface area contributed by atoms with E-state index >= 15 is 0 Å². The summed E-state index contributed by atoms with van der Waals surface area (Å²) in [5, 5.41) is 19.2. The summed E-state index contributed by atoms with van der Waals surface area (Å²) in [6.07, 6.45) is 1.14. The normalized spacial score (nSPS) is 22.2. The number of aromatic hydroxyl groups is 2. The van der Waals surface area contributed by atoms with E-state index < -0.39 is 0 Å². The molecule has 1 aliphatic carbocycles. The Labute approximate surface area is 100 Å². The van der Waals surface area contributed by atoms with Crippen LogP contribution in [0.1, 0.15) is 23.7 Å². The van der Waals surface area contributed by atoms with Gasteiger partial charge in [-0.1, -0.05) is 13.0 Å². The van der Waals surface area contributed by atoms with Crippen molar-refractivity contribution in [2.45, 2.75) is 13.3 Å². The van der Waals surface area contributed by atoms with E-state index in [0.717, 1.165) is 6.42 Å². The van der Waals surface area contributed by atoms with Gasteiger partial charge in [0.1, 0.15) is 17.1 Å². The van der Waals surface area contributed by atoms with Gasteiger partial charge >= 0.3 is 0 Å². The van der Waals surface area contributed by atoms with Crippen LogP contribution in [0.4, 0.5) is 0 Å². The summed E-state index contributed by atoms with van der Waals surface area (Å²) in [5.41, 5.74) is -0.0108. The molecule has 0 aliphatic heterocycles. The molecular formula is C13H17NO3. The Balaban J connectivity index is 2.13. The van der Waals surface area contributed by atoms with Crippen LogP contribution >= 0.6 is 0 Å². The van der Waals surface area contributed by atoms with E-state index in [9.17, 15) is 15.0 Å². The van der Waals surface area contributed by atoms with Crippen LogP contribution in [0.5, 0.6) is 11.5 Å². The highest BCUT2D eigenvalue weighted by molar-refractivity contribution is 5.99. The minimum absolute atomic E-state index is 0.0108. The number of nitrogens with zero attached hydrogens (tertiary/aromatic N) is 1. The number of carbonyl (C=O) groups is 1. The van der Waals surface area contributed by atoms with Gasteiger partial charge in [0.2, 0.25) is 0 Å². The van der Waals surface area contributed by atoms with Gasteiger partial charge in [0.25, 0.3) is 5.91 Å². The highest BCUT2D eigenvalue weighted by Crippen LogP contribution is 2.38. The van der Waals surface area contributed by atoms with Crippen LogP contribution in [0, 0.1) is 11.8 Å². The Morgan fingerprint density at radius 3 is 2.41 bits per heavy atom. The van der Waals surface area contributed by atoms with Crippen LogP contribution < -0.4 is 0 Å². The van der Waals surface area contributed by atoms with Crippen LogP contribution in [0.2, 0.25) is 0 Å². The van der Waals surface area contributed by atoms with E-state index in [2.05, 4.69) is 6.92 Å². The standard InChI is InChI=1S/C13H17NO3/c1-8-6-9(8)7-14(2)13(17)12-10(15)4-3-5-11(12)16/h3-5,8-9,15-16H,6-7H2,1-2H3. The highest BCUT2D eigenvalue weighted by Gasteiger charge is 2.34. The Bertz CT molecular complexity index is 424. The maximum atomic E-state index is 12.1. The largest absolute Gasteiger partial charge is 0.507 e. The van der Waals surface area contributed by atoms with Crippen LogP contribution in [0.15, 0.2) is 18.2 Å². The molecule has 1 amide bonds. The number of benzene rings is 1. The molecule has 0 saturated heterocycles. The molecule has 1 aliphatic rings.